The summed E-state index contributed by atoms with van der Waals surface area (Å²) >= 11 is 4.63. The third-order valence-corrected chi connectivity index (χ3v) is 7.36. The molecule has 1 saturated carbocycles. The number of rotatable bonds is 5. The van der Waals surface area contributed by atoms with Crippen LogP contribution >= 0.6 is 34.0 Å². The van der Waals surface area contributed by atoms with Gasteiger partial charge in [0.1, 0.15) is 4.88 Å². The smallest absolute Gasteiger partial charge is 0.270 e. The summed E-state index contributed by atoms with van der Waals surface area (Å²) in [7, 11) is 0. The molecule has 4 aromatic rings. The number of amides is 1. The van der Waals surface area contributed by atoms with Gasteiger partial charge in [-0.25, -0.2) is 4.98 Å². The molecule has 27 heavy (non-hydrogen) atoms. The summed E-state index contributed by atoms with van der Waals surface area (Å²) in [5.41, 5.74) is 0.766. The zero-order chi connectivity index (χ0) is 18.4. The quantitative estimate of drug-likeness (QED) is 0.495. The van der Waals surface area contributed by atoms with E-state index in [0.717, 1.165) is 21.9 Å². The van der Waals surface area contributed by atoms with Gasteiger partial charge in [-0.05, 0) is 36.2 Å². The lowest BCUT2D eigenvalue weighted by atomic mass is 10.2. The van der Waals surface area contributed by atoms with Gasteiger partial charge < -0.3 is 9.84 Å². The number of nitrogens with zero attached hydrogens (tertiary/aromatic N) is 3. The Balaban J connectivity index is 1.31. The Morgan fingerprint density at radius 2 is 2.07 bits per heavy atom. The Kier molecular flexibility index (Phi) is 4.14. The highest BCUT2D eigenvalue weighted by molar-refractivity contribution is 7.19. The third-order valence-electron chi connectivity index (χ3n) is 4.42. The minimum absolute atomic E-state index is 0.0264. The Hall–Kier alpha value is -2.36. The van der Waals surface area contributed by atoms with E-state index in [2.05, 4.69) is 26.5 Å². The van der Waals surface area contributed by atoms with Crippen molar-refractivity contribution < 1.29 is 9.32 Å². The van der Waals surface area contributed by atoms with E-state index in [1.54, 1.807) is 22.7 Å². The molecule has 2 unspecified atom stereocenters. The molecule has 0 radical (unpaired) electrons. The van der Waals surface area contributed by atoms with Gasteiger partial charge in [-0.2, -0.15) is 4.98 Å². The van der Waals surface area contributed by atoms with Crippen LogP contribution in [0.4, 0.5) is 5.13 Å². The molecule has 4 heterocycles. The van der Waals surface area contributed by atoms with Crippen LogP contribution < -0.4 is 5.32 Å². The molecule has 0 aromatic carbocycles. The lowest BCUT2D eigenvalue weighted by Gasteiger charge is -1.99. The third kappa shape index (κ3) is 3.22. The molecule has 0 aliphatic heterocycles. The van der Waals surface area contributed by atoms with Crippen LogP contribution in [0.1, 0.15) is 22.9 Å². The van der Waals surface area contributed by atoms with Gasteiger partial charge in [-0.1, -0.05) is 28.6 Å². The predicted octanol–water partition coefficient (Wildman–Crippen LogP) is 5.03. The van der Waals surface area contributed by atoms with Gasteiger partial charge in [-0.3, -0.25) is 4.79 Å². The molecule has 1 aliphatic rings. The fourth-order valence-electron chi connectivity index (χ4n) is 2.97. The van der Waals surface area contributed by atoms with E-state index in [1.165, 1.54) is 16.2 Å². The largest absolute Gasteiger partial charge is 0.333 e. The first-order valence-corrected chi connectivity index (χ1v) is 11.0. The van der Waals surface area contributed by atoms with Crippen molar-refractivity contribution in [3.63, 3.8) is 0 Å². The first-order valence-electron chi connectivity index (χ1n) is 8.38. The van der Waals surface area contributed by atoms with E-state index in [9.17, 15) is 4.79 Å². The van der Waals surface area contributed by atoms with Crippen LogP contribution in [0.2, 0.25) is 0 Å². The molecular weight excluding hydrogens is 400 g/mol. The van der Waals surface area contributed by atoms with Gasteiger partial charge in [0.2, 0.25) is 11.7 Å². The Labute approximate surface area is 166 Å². The van der Waals surface area contributed by atoms with Crippen molar-refractivity contribution in [3.8, 4) is 21.5 Å². The molecular formula is C18H14N4O2S3. The Morgan fingerprint density at radius 1 is 1.22 bits per heavy atom. The van der Waals surface area contributed by atoms with Crippen LogP contribution in [0.5, 0.6) is 0 Å². The first kappa shape index (κ1) is 16.8. The van der Waals surface area contributed by atoms with Crippen LogP contribution in [0.25, 0.3) is 21.5 Å². The van der Waals surface area contributed by atoms with Crippen molar-refractivity contribution in [3.05, 3.63) is 45.6 Å². The molecule has 2 atom stereocenters. The highest BCUT2D eigenvalue weighted by atomic mass is 32.1. The molecule has 0 spiro atoms. The fraction of sp³-hybridized carbons (Fsp3) is 0.222. The van der Waals surface area contributed by atoms with Crippen molar-refractivity contribution in [1.29, 1.82) is 0 Å². The zero-order valence-corrected chi connectivity index (χ0v) is 16.7. The van der Waals surface area contributed by atoms with Crippen LogP contribution in [0, 0.1) is 12.8 Å². The molecule has 0 bridgehead atoms. The van der Waals surface area contributed by atoms with E-state index in [4.69, 9.17) is 4.52 Å². The maximum absolute atomic E-state index is 12.5. The summed E-state index contributed by atoms with van der Waals surface area (Å²) in [5, 5.41) is 11.6. The minimum Gasteiger partial charge on any atom is -0.333 e. The number of hydrogen-bond donors (Lipinski definition) is 1. The first-order chi connectivity index (χ1) is 13.2. The average molecular weight is 415 g/mol. The van der Waals surface area contributed by atoms with Crippen molar-refractivity contribution in [2.24, 2.45) is 5.92 Å². The summed E-state index contributed by atoms with van der Waals surface area (Å²) in [6.07, 6.45) is 0.900. The van der Waals surface area contributed by atoms with E-state index >= 15 is 0 Å². The maximum Gasteiger partial charge on any atom is 0.270 e. The fourth-order valence-corrected chi connectivity index (χ4v) is 5.42. The number of nitrogens with one attached hydrogen (secondary N) is 1. The second-order valence-corrected chi connectivity index (χ2v) is 9.21. The van der Waals surface area contributed by atoms with Crippen molar-refractivity contribution in [1.82, 2.24) is 15.1 Å². The number of aryl methyl sites for hydroxylation is 1. The van der Waals surface area contributed by atoms with Crippen LogP contribution in [-0.4, -0.2) is 21.0 Å². The Morgan fingerprint density at radius 3 is 2.85 bits per heavy atom. The number of aromatic nitrogens is 3. The van der Waals surface area contributed by atoms with Crippen LogP contribution in [0.15, 0.2) is 39.5 Å². The van der Waals surface area contributed by atoms with Gasteiger partial charge in [0.05, 0.1) is 10.6 Å². The molecule has 1 aliphatic carbocycles. The number of thiazole rings is 1. The van der Waals surface area contributed by atoms with E-state index in [0.29, 0.717) is 22.8 Å². The number of hydrogen-bond acceptors (Lipinski definition) is 8. The van der Waals surface area contributed by atoms with E-state index in [-0.39, 0.29) is 11.8 Å². The molecule has 6 nitrogen and oxygen atoms in total. The van der Waals surface area contributed by atoms with Gasteiger partial charge in [0, 0.05) is 16.7 Å². The van der Waals surface area contributed by atoms with Crippen molar-refractivity contribution in [2.45, 2.75) is 19.3 Å². The maximum atomic E-state index is 12.5. The van der Waals surface area contributed by atoms with E-state index < -0.39 is 0 Å². The lowest BCUT2D eigenvalue weighted by Crippen LogP contribution is -2.14. The SMILES string of the molecule is Cc1nc(NC(=O)C2CC2c2cccs2)sc1-c1nc(-c2cccs2)no1. The van der Waals surface area contributed by atoms with Crippen molar-refractivity contribution >= 4 is 45.0 Å². The number of thiophene rings is 2. The number of anilines is 1. The second kappa shape index (κ2) is 6.66. The molecule has 1 N–H and O–H groups in total. The second-order valence-electron chi connectivity index (χ2n) is 6.29. The molecule has 9 heteroatoms. The number of carbonyl (C=O) groups is 1. The summed E-state index contributed by atoms with van der Waals surface area (Å²) in [6, 6.07) is 8.01. The van der Waals surface area contributed by atoms with Crippen molar-refractivity contribution in [2.75, 3.05) is 5.32 Å². The molecule has 4 aromatic heterocycles. The van der Waals surface area contributed by atoms with Crippen LogP contribution in [0.3, 0.4) is 0 Å². The topological polar surface area (TPSA) is 80.9 Å². The van der Waals surface area contributed by atoms with Gasteiger partial charge in [0.15, 0.2) is 5.13 Å². The highest BCUT2D eigenvalue weighted by Crippen LogP contribution is 2.49. The molecule has 136 valence electrons. The summed E-state index contributed by atoms with van der Waals surface area (Å²) in [5.74, 6) is 1.39. The summed E-state index contributed by atoms with van der Waals surface area (Å²) in [6.45, 7) is 1.88. The minimum atomic E-state index is 0.0264. The highest BCUT2D eigenvalue weighted by Gasteiger charge is 2.44. The lowest BCUT2D eigenvalue weighted by molar-refractivity contribution is -0.117. The average Bonchev–Trinajstić information content (AvgIpc) is 3.20. The molecule has 1 fully saturated rings. The number of carbonyl (C=O) groups excluding carboxylic acids is 1. The molecule has 5 rings (SSSR count). The Bertz CT molecular complexity index is 1080. The monoisotopic (exact) mass is 414 g/mol. The van der Waals surface area contributed by atoms with Gasteiger partial charge in [-0.15, -0.1) is 22.7 Å². The summed E-state index contributed by atoms with van der Waals surface area (Å²) < 4.78 is 5.40. The zero-order valence-electron chi connectivity index (χ0n) is 14.2. The molecule has 1 amide bonds. The summed E-state index contributed by atoms with van der Waals surface area (Å²) in [4.78, 5) is 24.4. The normalized spacial score (nSPS) is 18.6. The predicted molar refractivity (Wildman–Crippen MR) is 107 cm³/mol. The van der Waals surface area contributed by atoms with E-state index in [1.807, 2.05) is 35.9 Å². The van der Waals surface area contributed by atoms with Gasteiger partial charge >= 0.3 is 0 Å². The molecule has 0 saturated heterocycles. The van der Waals surface area contributed by atoms with Gasteiger partial charge in [0.25, 0.3) is 5.89 Å². The van der Waals surface area contributed by atoms with Crippen LogP contribution in [-0.2, 0) is 4.79 Å². The standard InChI is InChI=1S/C18H14N4O2S3/c1-9-14(17-20-15(22-24-17)13-5-3-7-26-13)27-18(19-9)21-16(23)11-8-10(11)12-4-2-6-25-12/h2-7,10-11H,8H2,1H3,(H,19,21,23).